The number of fused-ring (bicyclic) bond motifs is 1. The van der Waals surface area contributed by atoms with Gasteiger partial charge in [0.1, 0.15) is 5.01 Å². The number of carbonyl (C=O) groups excluding carboxylic acids is 1. The van der Waals surface area contributed by atoms with Crippen molar-refractivity contribution in [2.24, 2.45) is 11.8 Å². The average Bonchev–Trinajstić information content (AvgIpc) is 3.04. The number of nitrogens with one attached hydrogen (secondary N) is 1. The first-order valence-electron chi connectivity index (χ1n) is 7.04. The number of amides is 1. The smallest absolute Gasteiger partial charge is 0.229 e. The maximum absolute atomic E-state index is 12.3. The summed E-state index contributed by atoms with van der Waals surface area (Å²) in [5.41, 5.74) is 0. The fourth-order valence-corrected chi connectivity index (χ4v) is 3.96. The van der Waals surface area contributed by atoms with Gasteiger partial charge in [0.05, 0.1) is 6.42 Å². The van der Waals surface area contributed by atoms with Gasteiger partial charge in [0, 0.05) is 20.1 Å². The molecule has 1 aliphatic carbocycles. The summed E-state index contributed by atoms with van der Waals surface area (Å²) in [4.78, 5) is 14.3. The van der Waals surface area contributed by atoms with Crippen LogP contribution in [-0.2, 0) is 11.2 Å². The third kappa shape index (κ3) is 2.73. The van der Waals surface area contributed by atoms with Gasteiger partial charge >= 0.3 is 0 Å². The van der Waals surface area contributed by atoms with Crippen LogP contribution in [0.4, 0.5) is 5.13 Å². The summed E-state index contributed by atoms with van der Waals surface area (Å²) in [7, 11) is 1.82. The Hall–Kier alpha value is -1.17. The largest absolute Gasteiger partial charge is 0.363 e. The normalized spacial score (nSPS) is 26.3. The lowest BCUT2D eigenvalue weighted by molar-refractivity contribution is -0.129. The average molecular weight is 280 g/mol. The van der Waals surface area contributed by atoms with Crippen molar-refractivity contribution in [1.29, 1.82) is 0 Å². The highest BCUT2D eigenvalue weighted by atomic mass is 32.1. The van der Waals surface area contributed by atoms with Gasteiger partial charge in [0.25, 0.3) is 0 Å². The van der Waals surface area contributed by atoms with Gasteiger partial charge in [-0.3, -0.25) is 4.79 Å². The summed E-state index contributed by atoms with van der Waals surface area (Å²) in [6.45, 7) is 1.92. The van der Waals surface area contributed by atoms with E-state index in [9.17, 15) is 4.79 Å². The van der Waals surface area contributed by atoms with Crippen molar-refractivity contribution in [2.45, 2.75) is 32.1 Å². The van der Waals surface area contributed by atoms with Crippen LogP contribution in [0.2, 0.25) is 0 Å². The summed E-state index contributed by atoms with van der Waals surface area (Å²) in [6, 6.07) is 0. The lowest BCUT2D eigenvalue weighted by Crippen LogP contribution is -2.30. The molecule has 0 bridgehead atoms. The molecule has 1 aliphatic heterocycles. The Morgan fingerprint density at radius 3 is 2.58 bits per heavy atom. The minimum atomic E-state index is 0.216. The van der Waals surface area contributed by atoms with E-state index in [1.54, 1.807) is 0 Å². The third-order valence-electron chi connectivity index (χ3n) is 4.31. The molecule has 2 heterocycles. The molecule has 1 saturated heterocycles. The van der Waals surface area contributed by atoms with Crippen molar-refractivity contribution in [2.75, 3.05) is 25.5 Å². The molecule has 0 spiro atoms. The second-order valence-corrected chi connectivity index (χ2v) is 6.59. The standard InChI is InChI=1S/C13H20N4OS/c1-14-13-16-15-11(19-13)6-12(18)17-7-9-4-2-3-5-10(9)8-17/h9-10H,2-8H2,1H3,(H,14,16)/t9-,10+. The number of aromatic nitrogens is 2. The zero-order chi connectivity index (χ0) is 13.2. The SMILES string of the molecule is CNc1nnc(CC(=O)N2C[C@H]3CCCC[C@H]3C2)s1. The van der Waals surface area contributed by atoms with Crippen molar-refractivity contribution >= 4 is 22.4 Å². The van der Waals surface area contributed by atoms with Crippen molar-refractivity contribution in [3.05, 3.63) is 5.01 Å². The van der Waals surface area contributed by atoms with Crippen molar-refractivity contribution in [3.63, 3.8) is 0 Å². The molecule has 0 radical (unpaired) electrons. The lowest BCUT2D eigenvalue weighted by atomic mass is 9.82. The molecule has 1 saturated carbocycles. The van der Waals surface area contributed by atoms with E-state index in [4.69, 9.17) is 0 Å². The number of hydrogen-bond donors (Lipinski definition) is 1. The number of rotatable bonds is 3. The van der Waals surface area contributed by atoms with E-state index < -0.39 is 0 Å². The summed E-state index contributed by atoms with van der Waals surface area (Å²) in [5.74, 6) is 1.72. The first-order valence-corrected chi connectivity index (χ1v) is 7.86. The van der Waals surface area contributed by atoms with Gasteiger partial charge in [-0.15, -0.1) is 10.2 Å². The molecule has 3 rings (SSSR count). The highest BCUT2D eigenvalue weighted by molar-refractivity contribution is 7.15. The topological polar surface area (TPSA) is 58.1 Å². The molecule has 2 aliphatic rings. The maximum Gasteiger partial charge on any atom is 0.229 e. The van der Waals surface area contributed by atoms with Gasteiger partial charge in [-0.1, -0.05) is 24.2 Å². The van der Waals surface area contributed by atoms with E-state index in [0.29, 0.717) is 6.42 Å². The molecule has 19 heavy (non-hydrogen) atoms. The molecule has 1 aromatic heterocycles. The van der Waals surface area contributed by atoms with Crippen LogP contribution in [0, 0.1) is 11.8 Å². The number of carbonyl (C=O) groups is 1. The molecule has 1 aromatic rings. The van der Waals surface area contributed by atoms with Gasteiger partial charge < -0.3 is 10.2 Å². The monoisotopic (exact) mass is 280 g/mol. The van der Waals surface area contributed by atoms with E-state index in [2.05, 4.69) is 15.5 Å². The molecule has 2 atom stereocenters. The predicted molar refractivity (Wildman–Crippen MR) is 75.2 cm³/mol. The fourth-order valence-electron chi connectivity index (χ4n) is 3.28. The van der Waals surface area contributed by atoms with Gasteiger partial charge in [0.15, 0.2) is 0 Å². The first kappa shape index (κ1) is 12.8. The van der Waals surface area contributed by atoms with E-state index in [0.717, 1.165) is 35.1 Å². The molecule has 0 unspecified atom stereocenters. The Balaban J connectivity index is 1.58. The van der Waals surface area contributed by atoms with E-state index >= 15 is 0 Å². The highest BCUT2D eigenvalue weighted by Gasteiger charge is 2.36. The van der Waals surface area contributed by atoms with Crippen LogP contribution in [-0.4, -0.2) is 41.1 Å². The highest BCUT2D eigenvalue weighted by Crippen LogP contribution is 2.36. The Kier molecular flexibility index (Phi) is 3.68. The van der Waals surface area contributed by atoms with Gasteiger partial charge in [0.2, 0.25) is 11.0 Å². The third-order valence-corrected chi connectivity index (χ3v) is 5.25. The van der Waals surface area contributed by atoms with E-state index in [1.165, 1.54) is 37.0 Å². The second kappa shape index (κ2) is 5.45. The quantitative estimate of drug-likeness (QED) is 0.917. The molecule has 6 heteroatoms. The number of likely N-dealkylation sites (tertiary alicyclic amines) is 1. The molecular weight excluding hydrogens is 260 g/mol. The number of nitrogens with zero attached hydrogens (tertiary/aromatic N) is 3. The first-order chi connectivity index (χ1) is 9.26. The van der Waals surface area contributed by atoms with E-state index in [1.807, 2.05) is 11.9 Å². The Morgan fingerprint density at radius 2 is 2.00 bits per heavy atom. The van der Waals surface area contributed by atoms with Crippen LogP contribution in [0.1, 0.15) is 30.7 Å². The predicted octanol–water partition coefficient (Wildman–Crippen LogP) is 1.77. The van der Waals surface area contributed by atoms with Crippen LogP contribution in [0.3, 0.4) is 0 Å². The van der Waals surface area contributed by atoms with Crippen LogP contribution in [0.25, 0.3) is 0 Å². The molecule has 0 aromatic carbocycles. The molecular formula is C13H20N4OS. The fraction of sp³-hybridized carbons (Fsp3) is 0.769. The molecule has 1 N–H and O–H groups in total. The van der Waals surface area contributed by atoms with Crippen LogP contribution < -0.4 is 5.32 Å². The maximum atomic E-state index is 12.3. The summed E-state index contributed by atoms with van der Waals surface area (Å²) in [6.07, 6.45) is 5.68. The Morgan fingerprint density at radius 1 is 1.32 bits per heavy atom. The van der Waals surface area contributed by atoms with E-state index in [-0.39, 0.29) is 5.91 Å². The van der Waals surface area contributed by atoms with Crippen molar-refractivity contribution in [1.82, 2.24) is 15.1 Å². The number of anilines is 1. The second-order valence-electron chi connectivity index (χ2n) is 5.53. The zero-order valence-electron chi connectivity index (χ0n) is 11.3. The Labute approximate surface area is 117 Å². The van der Waals surface area contributed by atoms with Crippen molar-refractivity contribution < 1.29 is 4.79 Å². The molecule has 2 fully saturated rings. The van der Waals surface area contributed by atoms with Gasteiger partial charge in [-0.05, 0) is 24.7 Å². The Bertz CT molecular complexity index is 447. The minimum Gasteiger partial charge on any atom is -0.363 e. The van der Waals surface area contributed by atoms with Crippen molar-refractivity contribution in [3.8, 4) is 0 Å². The van der Waals surface area contributed by atoms with Crippen LogP contribution in [0.5, 0.6) is 0 Å². The summed E-state index contributed by atoms with van der Waals surface area (Å²) < 4.78 is 0. The summed E-state index contributed by atoms with van der Waals surface area (Å²) in [5, 5.41) is 12.6. The molecule has 1 amide bonds. The van der Waals surface area contributed by atoms with Crippen LogP contribution >= 0.6 is 11.3 Å². The molecule has 104 valence electrons. The van der Waals surface area contributed by atoms with Crippen LogP contribution in [0.15, 0.2) is 0 Å². The minimum absolute atomic E-state index is 0.216. The number of hydrogen-bond acceptors (Lipinski definition) is 5. The zero-order valence-corrected chi connectivity index (χ0v) is 12.1. The van der Waals surface area contributed by atoms with Gasteiger partial charge in [-0.25, -0.2) is 0 Å². The van der Waals surface area contributed by atoms with Gasteiger partial charge in [-0.2, -0.15) is 0 Å². The lowest BCUT2D eigenvalue weighted by Gasteiger charge is -2.22. The summed E-state index contributed by atoms with van der Waals surface area (Å²) >= 11 is 1.46. The molecule has 5 nitrogen and oxygen atoms in total.